The van der Waals surface area contributed by atoms with Gasteiger partial charge in [0.05, 0.1) is 16.7 Å². The van der Waals surface area contributed by atoms with Crippen LogP contribution >= 0.6 is 11.3 Å². The van der Waals surface area contributed by atoms with Gasteiger partial charge in [-0.2, -0.15) is 0 Å². The standard InChI is InChI=1S/C33H24N2S/c1-21-9-7-10-22(2)32(21)24-17-18-26-27(20-36-31(26)19-24)33-34-28-14-5-6-15-30(28)35(33)29-16-8-12-23-11-3-4-13-25(23)29/h3-20H,1-2H3. The minimum absolute atomic E-state index is 0.985. The molecule has 2 aromatic heterocycles. The number of aromatic nitrogens is 2. The smallest absolute Gasteiger partial charge is 0.147 e. The minimum Gasteiger partial charge on any atom is -0.292 e. The predicted molar refractivity (Wildman–Crippen MR) is 154 cm³/mol. The van der Waals surface area contributed by atoms with E-state index in [0.29, 0.717) is 0 Å². The highest BCUT2D eigenvalue weighted by atomic mass is 32.1. The number of hydrogen-bond donors (Lipinski definition) is 0. The summed E-state index contributed by atoms with van der Waals surface area (Å²) in [6, 6.07) is 36.9. The molecule has 172 valence electrons. The number of thiophene rings is 1. The maximum absolute atomic E-state index is 5.17. The lowest BCUT2D eigenvalue weighted by Gasteiger charge is -2.13. The molecule has 0 spiro atoms. The van der Waals surface area contributed by atoms with E-state index in [-0.39, 0.29) is 0 Å². The minimum atomic E-state index is 0.985. The molecule has 2 nitrogen and oxygen atoms in total. The number of fused-ring (bicyclic) bond motifs is 3. The Kier molecular flexibility index (Phi) is 4.80. The lowest BCUT2D eigenvalue weighted by molar-refractivity contribution is 1.12. The van der Waals surface area contributed by atoms with Crippen molar-refractivity contribution in [3.8, 4) is 28.2 Å². The van der Waals surface area contributed by atoms with Crippen molar-refractivity contribution < 1.29 is 0 Å². The molecule has 7 rings (SSSR count). The number of benzene rings is 5. The van der Waals surface area contributed by atoms with Gasteiger partial charge in [0, 0.05) is 26.4 Å². The maximum atomic E-state index is 5.17. The number of rotatable bonds is 3. The zero-order valence-electron chi connectivity index (χ0n) is 20.2. The van der Waals surface area contributed by atoms with Gasteiger partial charge in [0.1, 0.15) is 5.82 Å². The molecule has 0 saturated carbocycles. The van der Waals surface area contributed by atoms with Crippen molar-refractivity contribution in [2.45, 2.75) is 13.8 Å². The molecule has 2 heterocycles. The molecule has 0 radical (unpaired) electrons. The van der Waals surface area contributed by atoms with Gasteiger partial charge in [-0.3, -0.25) is 4.57 Å². The second-order valence-corrected chi connectivity index (χ2v) is 10.3. The van der Waals surface area contributed by atoms with Crippen LogP contribution in [0, 0.1) is 13.8 Å². The molecule has 0 N–H and O–H groups in total. The van der Waals surface area contributed by atoms with Crippen molar-refractivity contribution in [1.29, 1.82) is 0 Å². The first kappa shape index (κ1) is 21.1. The van der Waals surface area contributed by atoms with E-state index in [4.69, 9.17) is 4.98 Å². The van der Waals surface area contributed by atoms with E-state index >= 15 is 0 Å². The zero-order valence-corrected chi connectivity index (χ0v) is 21.0. The Morgan fingerprint density at radius 1 is 0.694 bits per heavy atom. The summed E-state index contributed by atoms with van der Waals surface area (Å²) in [6.45, 7) is 4.39. The third-order valence-electron chi connectivity index (χ3n) is 7.15. The lowest BCUT2D eigenvalue weighted by Crippen LogP contribution is -1.98. The van der Waals surface area contributed by atoms with Crippen LogP contribution in [0.15, 0.2) is 109 Å². The van der Waals surface area contributed by atoms with Crippen LogP contribution in [0.5, 0.6) is 0 Å². The number of hydrogen-bond acceptors (Lipinski definition) is 2. The molecule has 0 atom stereocenters. The Labute approximate surface area is 214 Å². The Morgan fingerprint density at radius 2 is 1.44 bits per heavy atom. The number of nitrogens with zero attached hydrogens (tertiary/aromatic N) is 2. The topological polar surface area (TPSA) is 17.8 Å². The number of imidazole rings is 1. The molecule has 36 heavy (non-hydrogen) atoms. The normalized spacial score (nSPS) is 11.6. The second-order valence-electron chi connectivity index (χ2n) is 9.38. The maximum Gasteiger partial charge on any atom is 0.147 e. The molecule has 0 aliphatic carbocycles. The molecular weight excluding hydrogens is 456 g/mol. The Bertz CT molecular complexity index is 1900. The third-order valence-corrected chi connectivity index (χ3v) is 8.10. The van der Waals surface area contributed by atoms with E-state index in [1.54, 1.807) is 11.3 Å². The quantitative estimate of drug-likeness (QED) is 0.246. The van der Waals surface area contributed by atoms with Gasteiger partial charge >= 0.3 is 0 Å². The van der Waals surface area contributed by atoms with Crippen LogP contribution < -0.4 is 0 Å². The molecule has 0 unspecified atom stereocenters. The SMILES string of the molecule is Cc1cccc(C)c1-c1ccc2c(-c3nc4ccccc4n3-c3cccc4ccccc34)csc2c1. The second kappa shape index (κ2) is 8.18. The molecule has 0 bridgehead atoms. The van der Waals surface area contributed by atoms with Gasteiger partial charge < -0.3 is 0 Å². The van der Waals surface area contributed by atoms with Crippen LogP contribution in [0.25, 0.3) is 60.1 Å². The molecular formula is C33H24N2S. The van der Waals surface area contributed by atoms with Crippen LogP contribution in [-0.4, -0.2) is 9.55 Å². The molecule has 0 aliphatic heterocycles. The van der Waals surface area contributed by atoms with E-state index in [9.17, 15) is 0 Å². The first-order valence-corrected chi connectivity index (χ1v) is 13.1. The summed E-state index contributed by atoms with van der Waals surface area (Å²) in [5, 5.41) is 5.96. The first-order valence-electron chi connectivity index (χ1n) is 12.2. The highest BCUT2D eigenvalue weighted by Crippen LogP contribution is 2.40. The summed E-state index contributed by atoms with van der Waals surface area (Å²) < 4.78 is 3.61. The molecule has 0 fully saturated rings. The van der Waals surface area contributed by atoms with E-state index in [0.717, 1.165) is 22.5 Å². The zero-order chi connectivity index (χ0) is 24.2. The van der Waals surface area contributed by atoms with Crippen molar-refractivity contribution >= 4 is 43.2 Å². The fourth-order valence-electron chi connectivity index (χ4n) is 5.48. The Hall–Kier alpha value is -4.21. The first-order chi connectivity index (χ1) is 17.7. The summed E-state index contributed by atoms with van der Waals surface area (Å²) >= 11 is 1.79. The molecule has 7 aromatic rings. The summed E-state index contributed by atoms with van der Waals surface area (Å²) in [6.07, 6.45) is 0. The Balaban J connectivity index is 1.48. The highest BCUT2D eigenvalue weighted by molar-refractivity contribution is 7.17. The van der Waals surface area contributed by atoms with Crippen LogP contribution in [0.2, 0.25) is 0 Å². The predicted octanol–water partition coefficient (Wildman–Crippen LogP) is 9.34. The van der Waals surface area contributed by atoms with Crippen molar-refractivity contribution in [3.63, 3.8) is 0 Å². The number of para-hydroxylation sites is 2. The summed E-state index contributed by atoms with van der Waals surface area (Å²) in [5.74, 6) is 0.985. The van der Waals surface area contributed by atoms with E-state index < -0.39 is 0 Å². The van der Waals surface area contributed by atoms with E-state index in [2.05, 4.69) is 127 Å². The molecule has 0 aliphatic rings. The fraction of sp³-hybridized carbons (Fsp3) is 0.0606. The van der Waals surface area contributed by atoms with Crippen molar-refractivity contribution in [1.82, 2.24) is 9.55 Å². The van der Waals surface area contributed by atoms with Gasteiger partial charge in [0.15, 0.2) is 0 Å². The van der Waals surface area contributed by atoms with Gasteiger partial charge in [-0.1, -0.05) is 78.9 Å². The van der Waals surface area contributed by atoms with Crippen molar-refractivity contribution in [2.24, 2.45) is 0 Å². The van der Waals surface area contributed by atoms with Gasteiger partial charge in [-0.05, 0) is 65.8 Å². The van der Waals surface area contributed by atoms with E-state index in [1.807, 2.05) is 0 Å². The third kappa shape index (κ3) is 3.20. The number of aryl methyl sites for hydroxylation is 2. The average Bonchev–Trinajstić information content (AvgIpc) is 3.49. The molecule has 0 saturated heterocycles. The van der Waals surface area contributed by atoms with Crippen molar-refractivity contribution in [3.05, 3.63) is 120 Å². The fourth-order valence-corrected chi connectivity index (χ4v) is 6.46. The molecule has 5 aromatic carbocycles. The van der Waals surface area contributed by atoms with Crippen molar-refractivity contribution in [2.75, 3.05) is 0 Å². The van der Waals surface area contributed by atoms with Crippen LogP contribution in [-0.2, 0) is 0 Å². The van der Waals surface area contributed by atoms with E-state index in [1.165, 1.54) is 48.7 Å². The van der Waals surface area contributed by atoms with Gasteiger partial charge in [-0.25, -0.2) is 4.98 Å². The van der Waals surface area contributed by atoms with Gasteiger partial charge in [0.2, 0.25) is 0 Å². The summed E-state index contributed by atoms with van der Waals surface area (Å²) in [4.78, 5) is 5.17. The van der Waals surface area contributed by atoms with Gasteiger partial charge in [0.25, 0.3) is 0 Å². The summed E-state index contributed by atoms with van der Waals surface area (Å²) in [5.41, 5.74) is 9.68. The van der Waals surface area contributed by atoms with Crippen LogP contribution in [0.1, 0.15) is 11.1 Å². The summed E-state index contributed by atoms with van der Waals surface area (Å²) in [7, 11) is 0. The molecule has 0 amide bonds. The molecule has 3 heteroatoms. The van der Waals surface area contributed by atoms with Gasteiger partial charge in [-0.15, -0.1) is 11.3 Å². The van der Waals surface area contributed by atoms with Crippen LogP contribution in [0.3, 0.4) is 0 Å². The largest absolute Gasteiger partial charge is 0.292 e. The lowest BCUT2D eigenvalue weighted by atomic mass is 9.95. The average molecular weight is 481 g/mol. The van der Waals surface area contributed by atoms with Crippen LogP contribution in [0.4, 0.5) is 0 Å². The monoisotopic (exact) mass is 480 g/mol. The highest BCUT2D eigenvalue weighted by Gasteiger charge is 2.19. The Morgan fingerprint density at radius 3 is 2.33 bits per heavy atom.